The number of hydrogen-bond acceptors (Lipinski definition) is 3. The summed E-state index contributed by atoms with van der Waals surface area (Å²) >= 11 is 0. The summed E-state index contributed by atoms with van der Waals surface area (Å²) in [6, 6.07) is 14.3. The highest BCUT2D eigenvalue weighted by Gasteiger charge is 2.44. The van der Waals surface area contributed by atoms with Crippen LogP contribution in [0, 0.1) is 11.7 Å². The summed E-state index contributed by atoms with van der Waals surface area (Å²) in [4.78, 5) is 30.9. The van der Waals surface area contributed by atoms with E-state index in [1.807, 2.05) is 19.9 Å². The second-order valence-electron chi connectivity index (χ2n) is 9.18. The van der Waals surface area contributed by atoms with E-state index in [1.54, 1.807) is 30.3 Å². The van der Waals surface area contributed by atoms with Gasteiger partial charge in [0, 0.05) is 36.6 Å². The Morgan fingerprint density at radius 1 is 1.06 bits per heavy atom. The first kappa shape index (κ1) is 24.4. The molecule has 1 N–H and O–H groups in total. The topological polar surface area (TPSA) is 62.3 Å². The zero-order valence-electron chi connectivity index (χ0n) is 19.5. The fourth-order valence-corrected chi connectivity index (χ4v) is 4.26. The summed E-state index contributed by atoms with van der Waals surface area (Å²) in [6.45, 7) is 3.00. The Labute approximate surface area is 202 Å². The molecule has 2 aromatic carbocycles. The monoisotopic (exact) mass is 481 g/mol. The average molecular weight is 482 g/mol. The van der Waals surface area contributed by atoms with Crippen LogP contribution in [0.1, 0.15) is 42.1 Å². The van der Waals surface area contributed by atoms with Crippen LogP contribution in [0.4, 0.5) is 18.9 Å². The molecule has 8 heteroatoms. The van der Waals surface area contributed by atoms with E-state index in [9.17, 15) is 22.8 Å². The van der Waals surface area contributed by atoms with Crippen LogP contribution in [0.5, 0.6) is 0 Å². The standard InChI is InChI=1S/C27H26F3N3O2/c1-17(2)19-4-3-5-24(13-19)32-25(34)22-14-27(29,30)16-33(15-22)26(35)21-10-20(11-23(28)12-21)18-6-8-31-9-7-18/h3-13,17,22H,14-16H2,1-2H3,(H,32,34). The average Bonchev–Trinajstić information content (AvgIpc) is 2.83. The molecule has 1 aromatic heterocycles. The van der Waals surface area contributed by atoms with Crippen LogP contribution in [-0.4, -0.2) is 40.7 Å². The van der Waals surface area contributed by atoms with Gasteiger partial charge >= 0.3 is 0 Å². The fraction of sp³-hybridized carbons (Fsp3) is 0.296. The van der Waals surface area contributed by atoms with Crippen LogP contribution in [0.15, 0.2) is 67.0 Å². The molecule has 5 nitrogen and oxygen atoms in total. The smallest absolute Gasteiger partial charge is 0.266 e. The van der Waals surface area contributed by atoms with Gasteiger partial charge in [0.2, 0.25) is 5.91 Å². The molecule has 35 heavy (non-hydrogen) atoms. The first-order valence-electron chi connectivity index (χ1n) is 11.4. The molecule has 1 unspecified atom stereocenters. The Balaban J connectivity index is 1.55. The maximum Gasteiger partial charge on any atom is 0.266 e. The van der Waals surface area contributed by atoms with Crippen LogP contribution in [0.3, 0.4) is 0 Å². The van der Waals surface area contributed by atoms with Crippen LogP contribution in [0.2, 0.25) is 0 Å². The van der Waals surface area contributed by atoms with Crippen molar-refractivity contribution < 1.29 is 22.8 Å². The summed E-state index contributed by atoms with van der Waals surface area (Å²) in [5.41, 5.74) is 2.53. The van der Waals surface area contributed by atoms with Crippen LogP contribution >= 0.6 is 0 Å². The molecule has 2 heterocycles. The SMILES string of the molecule is CC(C)c1cccc(NC(=O)C2CN(C(=O)c3cc(F)cc(-c4ccncc4)c3)CC(F)(F)C2)c1. The normalized spacial score (nSPS) is 17.3. The first-order valence-corrected chi connectivity index (χ1v) is 11.4. The minimum atomic E-state index is -3.25. The number of aromatic nitrogens is 1. The van der Waals surface area contributed by atoms with Gasteiger partial charge in [0.25, 0.3) is 11.8 Å². The van der Waals surface area contributed by atoms with Crippen molar-refractivity contribution in [3.63, 3.8) is 0 Å². The van der Waals surface area contributed by atoms with Crippen LogP contribution < -0.4 is 5.32 Å². The predicted octanol–water partition coefficient (Wildman–Crippen LogP) is 5.75. The maximum absolute atomic E-state index is 14.6. The molecule has 1 fully saturated rings. The molecule has 1 aliphatic heterocycles. The molecular formula is C27H26F3N3O2. The second-order valence-corrected chi connectivity index (χ2v) is 9.18. The quantitative estimate of drug-likeness (QED) is 0.505. The van der Waals surface area contributed by atoms with E-state index in [1.165, 1.54) is 24.5 Å². The number of amides is 2. The van der Waals surface area contributed by atoms with E-state index in [-0.39, 0.29) is 18.0 Å². The number of piperidine rings is 1. The van der Waals surface area contributed by atoms with Crippen molar-refractivity contribution in [3.05, 3.63) is 83.9 Å². The number of carbonyl (C=O) groups is 2. The first-order chi connectivity index (χ1) is 16.6. The van der Waals surface area contributed by atoms with Crippen molar-refractivity contribution in [1.82, 2.24) is 9.88 Å². The molecule has 3 aromatic rings. The summed E-state index contributed by atoms with van der Waals surface area (Å²) in [6.07, 6.45) is 2.40. The zero-order chi connectivity index (χ0) is 25.2. The van der Waals surface area contributed by atoms with Crippen molar-refractivity contribution in [2.24, 2.45) is 5.92 Å². The van der Waals surface area contributed by atoms with Gasteiger partial charge < -0.3 is 10.2 Å². The number of rotatable bonds is 5. The molecule has 1 saturated heterocycles. The third-order valence-corrected chi connectivity index (χ3v) is 6.05. The number of benzene rings is 2. The summed E-state index contributed by atoms with van der Waals surface area (Å²) in [5, 5.41) is 2.71. The molecule has 0 radical (unpaired) electrons. The predicted molar refractivity (Wildman–Crippen MR) is 128 cm³/mol. The van der Waals surface area contributed by atoms with Gasteiger partial charge in [-0.2, -0.15) is 0 Å². The number of alkyl halides is 2. The number of halogens is 3. The third kappa shape index (κ3) is 5.88. The number of nitrogens with zero attached hydrogens (tertiary/aromatic N) is 2. The number of anilines is 1. The summed E-state index contributed by atoms with van der Waals surface area (Å²) < 4.78 is 43.6. The lowest BCUT2D eigenvalue weighted by molar-refractivity contribution is -0.130. The molecule has 4 rings (SSSR count). The summed E-state index contributed by atoms with van der Waals surface area (Å²) in [7, 11) is 0. The lowest BCUT2D eigenvalue weighted by atomic mass is 9.93. The lowest BCUT2D eigenvalue weighted by Crippen LogP contribution is -2.52. The van der Waals surface area contributed by atoms with Gasteiger partial charge in [0.05, 0.1) is 12.5 Å². The molecule has 1 aliphatic rings. The zero-order valence-corrected chi connectivity index (χ0v) is 19.5. The Bertz CT molecular complexity index is 1230. The van der Waals surface area contributed by atoms with Crippen LogP contribution in [-0.2, 0) is 4.79 Å². The Kier molecular flexibility index (Phi) is 6.91. The minimum Gasteiger partial charge on any atom is -0.332 e. The number of hydrogen-bond donors (Lipinski definition) is 1. The van der Waals surface area contributed by atoms with E-state index in [4.69, 9.17) is 0 Å². The maximum atomic E-state index is 14.6. The van der Waals surface area contributed by atoms with E-state index in [0.29, 0.717) is 16.8 Å². The molecule has 182 valence electrons. The highest BCUT2D eigenvalue weighted by molar-refractivity contribution is 5.97. The van der Waals surface area contributed by atoms with Gasteiger partial charge in [-0.1, -0.05) is 26.0 Å². The molecule has 0 aliphatic carbocycles. The van der Waals surface area contributed by atoms with E-state index < -0.39 is 42.4 Å². The summed E-state index contributed by atoms with van der Waals surface area (Å²) in [5.74, 6) is -6.12. The van der Waals surface area contributed by atoms with Gasteiger partial charge in [0.15, 0.2) is 0 Å². The molecule has 1 atom stereocenters. The van der Waals surface area contributed by atoms with Gasteiger partial charge in [0.1, 0.15) is 5.82 Å². The second kappa shape index (κ2) is 9.90. The van der Waals surface area contributed by atoms with Gasteiger partial charge in [-0.3, -0.25) is 14.6 Å². The Morgan fingerprint density at radius 3 is 2.51 bits per heavy atom. The van der Waals surface area contributed by atoms with Crippen molar-refractivity contribution in [3.8, 4) is 11.1 Å². The highest BCUT2D eigenvalue weighted by Crippen LogP contribution is 2.33. The van der Waals surface area contributed by atoms with E-state index in [2.05, 4.69) is 10.3 Å². The van der Waals surface area contributed by atoms with Gasteiger partial charge in [-0.25, -0.2) is 13.2 Å². The third-order valence-electron chi connectivity index (χ3n) is 6.05. The molecule has 0 bridgehead atoms. The number of pyridine rings is 1. The van der Waals surface area contributed by atoms with Crippen molar-refractivity contribution in [2.75, 3.05) is 18.4 Å². The van der Waals surface area contributed by atoms with Gasteiger partial charge in [-0.05, 0) is 65.1 Å². The van der Waals surface area contributed by atoms with Crippen molar-refractivity contribution in [1.29, 1.82) is 0 Å². The fourth-order valence-electron chi connectivity index (χ4n) is 4.26. The number of carbonyl (C=O) groups excluding carboxylic acids is 2. The molecule has 0 saturated carbocycles. The lowest BCUT2D eigenvalue weighted by Gasteiger charge is -2.37. The molecule has 0 spiro atoms. The minimum absolute atomic E-state index is 0.0571. The molecule has 2 amide bonds. The largest absolute Gasteiger partial charge is 0.332 e. The molecular weight excluding hydrogens is 455 g/mol. The van der Waals surface area contributed by atoms with Crippen molar-refractivity contribution >= 4 is 17.5 Å². The number of nitrogens with one attached hydrogen (secondary N) is 1. The van der Waals surface area contributed by atoms with Gasteiger partial charge in [-0.15, -0.1) is 0 Å². The Hall–Kier alpha value is -3.68. The van der Waals surface area contributed by atoms with E-state index in [0.717, 1.165) is 16.5 Å². The Morgan fingerprint density at radius 2 is 1.80 bits per heavy atom. The van der Waals surface area contributed by atoms with Crippen molar-refractivity contribution in [2.45, 2.75) is 32.1 Å². The highest BCUT2D eigenvalue weighted by atomic mass is 19.3. The van der Waals surface area contributed by atoms with Crippen LogP contribution in [0.25, 0.3) is 11.1 Å². The van der Waals surface area contributed by atoms with E-state index >= 15 is 0 Å². The number of likely N-dealkylation sites (tertiary alicyclic amines) is 1.